The summed E-state index contributed by atoms with van der Waals surface area (Å²) < 4.78 is 32.3. The van der Waals surface area contributed by atoms with Gasteiger partial charge in [0, 0.05) is 19.6 Å². The molecule has 0 unspecified atom stereocenters. The number of fused-ring (bicyclic) bond motifs is 1. The molecule has 0 spiro atoms. The SMILES string of the molecule is C=CCn1c(=NC(=O)CS(=O)(=O)CC(=O)N2CCCCC2)sc2cc(C(=O)OCC)ccc21. The summed E-state index contributed by atoms with van der Waals surface area (Å²) in [4.78, 5) is 42.7. The third-order valence-electron chi connectivity index (χ3n) is 5.12. The van der Waals surface area contributed by atoms with Gasteiger partial charge in [0.2, 0.25) is 5.91 Å². The van der Waals surface area contributed by atoms with Gasteiger partial charge in [-0.3, -0.25) is 9.59 Å². The Hall–Kier alpha value is -2.79. The largest absolute Gasteiger partial charge is 0.462 e. The number of hydrogen-bond acceptors (Lipinski definition) is 7. The lowest BCUT2D eigenvalue weighted by atomic mass is 10.1. The molecule has 0 bridgehead atoms. The van der Waals surface area contributed by atoms with Crippen LogP contribution in [-0.4, -0.2) is 66.9 Å². The molecular formula is C22H27N3O6S2. The molecule has 0 N–H and O–H groups in total. The molecule has 1 fully saturated rings. The quantitative estimate of drug-likeness (QED) is 0.410. The highest BCUT2D eigenvalue weighted by atomic mass is 32.2. The molecule has 1 aromatic heterocycles. The van der Waals surface area contributed by atoms with Crippen LogP contribution in [0.25, 0.3) is 10.2 Å². The van der Waals surface area contributed by atoms with E-state index in [0.717, 1.165) is 36.1 Å². The van der Waals surface area contributed by atoms with E-state index in [0.29, 0.717) is 29.9 Å². The Morgan fingerprint density at radius 1 is 1.18 bits per heavy atom. The summed E-state index contributed by atoms with van der Waals surface area (Å²) in [6.45, 7) is 7.11. The number of sulfone groups is 1. The predicted octanol–water partition coefficient (Wildman–Crippen LogP) is 1.92. The summed E-state index contributed by atoms with van der Waals surface area (Å²) in [6, 6.07) is 4.99. The van der Waals surface area contributed by atoms with E-state index < -0.39 is 39.1 Å². The first-order chi connectivity index (χ1) is 15.7. The van der Waals surface area contributed by atoms with Gasteiger partial charge >= 0.3 is 5.97 Å². The van der Waals surface area contributed by atoms with Crippen LogP contribution in [-0.2, 0) is 30.7 Å². The van der Waals surface area contributed by atoms with E-state index in [1.54, 1.807) is 35.8 Å². The number of benzene rings is 1. The van der Waals surface area contributed by atoms with Crippen molar-refractivity contribution in [3.63, 3.8) is 0 Å². The molecule has 1 saturated heterocycles. The number of nitrogens with zero attached hydrogens (tertiary/aromatic N) is 3. The molecule has 2 amide bonds. The van der Waals surface area contributed by atoms with Gasteiger partial charge in [-0.2, -0.15) is 4.99 Å². The van der Waals surface area contributed by atoms with E-state index in [2.05, 4.69) is 11.6 Å². The molecule has 1 aromatic carbocycles. The Labute approximate surface area is 196 Å². The molecule has 0 atom stereocenters. The third-order valence-corrected chi connectivity index (χ3v) is 7.54. The van der Waals surface area contributed by atoms with Gasteiger partial charge in [0.25, 0.3) is 5.91 Å². The van der Waals surface area contributed by atoms with Crippen molar-refractivity contribution >= 4 is 49.2 Å². The number of ether oxygens (including phenoxy) is 1. The summed E-state index contributed by atoms with van der Waals surface area (Å²) in [5.74, 6) is -3.32. The zero-order valence-electron chi connectivity index (χ0n) is 18.5. The molecule has 0 aliphatic carbocycles. The highest BCUT2D eigenvalue weighted by Gasteiger charge is 2.25. The highest BCUT2D eigenvalue weighted by Crippen LogP contribution is 2.20. The fourth-order valence-corrected chi connectivity index (χ4v) is 5.80. The minimum absolute atomic E-state index is 0.252. The van der Waals surface area contributed by atoms with Crippen LogP contribution in [0.1, 0.15) is 36.5 Å². The Morgan fingerprint density at radius 2 is 1.91 bits per heavy atom. The van der Waals surface area contributed by atoms with E-state index >= 15 is 0 Å². The third kappa shape index (κ3) is 6.38. The molecule has 11 heteroatoms. The second-order valence-electron chi connectivity index (χ2n) is 7.67. The first-order valence-corrected chi connectivity index (χ1v) is 13.3. The summed E-state index contributed by atoms with van der Waals surface area (Å²) >= 11 is 1.15. The van der Waals surface area contributed by atoms with Crippen molar-refractivity contribution < 1.29 is 27.5 Å². The van der Waals surface area contributed by atoms with Gasteiger partial charge < -0.3 is 14.2 Å². The van der Waals surface area contributed by atoms with Crippen LogP contribution in [0.4, 0.5) is 0 Å². The number of piperidine rings is 1. The molecule has 2 aromatic rings. The highest BCUT2D eigenvalue weighted by molar-refractivity contribution is 7.92. The number of aromatic nitrogens is 1. The van der Waals surface area contributed by atoms with E-state index in [4.69, 9.17) is 4.74 Å². The molecule has 2 heterocycles. The number of thiazole rings is 1. The average molecular weight is 494 g/mol. The Balaban J connectivity index is 1.83. The summed E-state index contributed by atoms with van der Waals surface area (Å²) in [5, 5.41) is 0. The number of rotatable bonds is 8. The van der Waals surface area contributed by atoms with E-state index in [1.807, 2.05) is 0 Å². The summed E-state index contributed by atoms with van der Waals surface area (Å²) in [6.07, 6.45) is 4.36. The minimum atomic E-state index is -3.95. The molecule has 178 valence electrons. The van der Waals surface area contributed by atoms with Gasteiger partial charge in [-0.05, 0) is 44.4 Å². The van der Waals surface area contributed by atoms with Crippen LogP contribution < -0.4 is 4.80 Å². The van der Waals surface area contributed by atoms with Crippen molar-refractivity contribution in [2.45, 2.75) is 32.7 Å². The van der Waals surface area contributed by atoms with Crippen LogP contribution in [0.3, 0.4) is 0 Å². The maximum absolute atomic E-state index is 12.5. The molecule has 0 radical (unpaired) electrons. The molecule has 0 saturated carbocycles. The van der Waals surface area contributed by atoms with Crippen molar-refractivity contribution in [1.82, 2.24) is 9.47 Å². The van der Waals surface area contributed by atoms with Gasteiger partial charge in [-0.25, -0.2) is 13.2 Å². The number of carbonyl (C=O) groups excluding carboxylic acids is 3. The first-order valence-electron chi connectivity index (χ1n) is 10.7. The molecule has 9 nitrogen and oxygen atoms in total. The zero-order valence-corrected chi connectivity index (χ0v) is 20.1. The van der Waals surface area contributed by atoms with Crippen LogP contribution in [0.5, 0.6) is 0 Å². The number of amides is 2. The fourth-order valence-electron chi connectivity index (χ4n) is 3.61. The Kier molecular flexibility index (Phi) is 8.20. The van der Waals surface area contributed by atoms with Crippen molar-refractivity contribution in [3.8, 4) is 0 Å². The lowest BCUT2D eigenvalue weighted by molar-refractivity contribution is -0.129. The predicted molar refractivity (Wildman–Crippen MR) is 126 cm³/mol. The molecule has 3 rings (SSSR count). The number of carbonyl (C=O) groups is 3. The van der Waals surface area contributed by atoms with Gasteiger partial charge in [0.15, 0.2) is 14.6 Å². The Morgan fingerprint density at radius 3 is 2.58 bits per heavy atom. The van der Waals surface area contributed by atoms with Crippen LogP contribution in [0.15, 0.2) is 35.8 Å². The van der Waals surface area contributed by atoms with Crippen molar-refractivity contribution in [1.29, 1.82) is 0 Å². The Bertz CT molecular complexity index is 1240. The number of hydrogen-bond donors (Lipinski definition) is 0. The fraction of sp³-hybridized carbons (Fsp3) is 0.455. The van der Waals surface area contributed by atoms with Gasteiger partial charge in [0.1, 0.15) is 11.5 Å². The summed E-state index contributed by atoms with van der Waals surface area (Å²) in [5.41, 5.74) is 1.09. The van der Waals surface area contributed by atoms with Crippen LogP contribution >= 0.6 is 11.3 Å². The van der Waals surface area contributed by atoms with E-state index in [9.17, 15) is 22.8 Å². The average Bonchev–Trinajstić information content (AvgIpc) is 3.10. The van der Waals surface area contributed by atoms with Crippen LogP contribution in [0.2, 0.25) is 0 Å². The lowest BCUT2D eigenvalue weighted by Gasteiger charge is -2.26. The second kappa shape index (κ2) is 10.9. The maximum atomic E-state index is 12.5. The molecule has 1 aliphatic heterocycles. The van der Waals surface area contributed by atoms with Crippen molar-refractivity contribution in [2.24, 2.45) is 4.99 Å². The summed E-state index contributed by atoms with van der Waals surface area (Å²) in [7, 11) is -3.95. The normalized spacial score (nSPS) is 14.9. The molecule has 33 heavy (non-hydrogen) atoms. The van der Waals surface area contributed by atoms with Gasteiger partial charge in [0.05, 0.1) is 22.4 Å². The van der Waals surface area contributed by atoms with Gasteiger partial charge in [-0.15, -0.1) is 6.58 Å². The number of esters is 1. The van der Waals surface area contributed by atoms with Gasteiger partial charge in [-0.1, -0.05) is 17.4 Å². The van der Waals surface area contributed by atoms with E-state index in [-0.39, 0.29) is 11.4 Å². The maximum Gasteiger partial charge on any atom is 0.338 e. The second-order valence-corrected chi connectivity index (χ2v) is 10.7. The number of likely N-dealkylation sites (tertiary alicyclic amines) is 1. The number of allylic oxidation sites excluding steroid dienone is 1. The van der Waals surface area contributed by atoms with Crippen molar-refractivity contribution in [2.75, 3.05) is 31.2 Å². The van der Waals surface area contributed by atoms with E-state index in [1.165, 1.54) is 4.90 Å². The zero-order chi connectivity index (χ0) is 24.0. The molecule has 1 aliphatic rings. The first kappa shape index (κ1) is 24.8. The monoisotopic (exact) mass is 493 g/mol. The lowest BCUT2D eigenvalue weighted by Crippen LogP contribution is -2.40. The topological polar surface area (TPSA) is 115 Å². The van der Waals surface area contributed by atoms with Crippen molar-refractivity contribution in [3.05, 3.63) is 41.2 Å². The van der Waals surface area contributed by atoms with Crippen LogP contribution in [0, 0.1) is 0 Å². The standard InChI is InChI=1S/C22H27N3O6S2/c1-3-10-25-17-9-8-16(21(28)31-4-2)13-18(17)32-22(25)23-19(26)14-33(29,30)15-20(27)24-11-6-5-7-12-24/h3,8-9,13H,1,4-7,10-12,14-15H2,2H3. The smallest absolute Gasteiger partial charge is 0.338 e. The minimum Gasteiger partial charge on any atom is -0.462 e. The molecular weight excluding hydrogens is 466 g/mol.